The van der Waals surface area contributed by atoms with Crippen molar-refractivity contribution in [2.24, 2.45) is 0 Å². The van der Waals surface area contributed by atoms with Crippen molar-refractivity contribution in [1.82, 2.24) is 15.1 Å². The number of nitrogens with zero attached hydrogens (tertiary/aromatic N) is 2. The fourth-order valence-corrected chi connectivity index (χ4v) is 3.84. The first-order valence-corrected chi connectivity index (χ1v) is 10.8. The molecule has 0 aromatic heterocycles. The molecule has 33 heavy (non-hydrogen) atoms. The summed E-state index contributed by atoms with van der Waals surface area (Å²) in [6.45, 7) is 8.81. The van der Waals surface area contributed by atoms with Gasteiger partial charge in [-0.15, -0.1) is 0 Å². The van der Waals surface area contributed by atoms with Gasteiger partial charge in [-0.2, -0.15) is 0 Å². The van der Waals surface area contributed by atoms with E-state index in [0.717, 1.165) is 30.9 Å². The van der Waals surface area contributed by atoms with Crippen LogP contribution in [0.25, 0.3) is 5.57 Å². The predicted octanol–water partition coefficient (Wildman–Crippen LogP) is 3.20. The van der Waals surface area contributed by atoms with E-state index in [2.05, 4.69) is 22.1 Å². The van der Waals surface area contributed by atoms with Crippen LogP contribution in [0.1, 0.15) is 28.4 Å². The summed E-state index contributed by atoms with van der Waals surface area (Å²) in [7, 11) is 0. The van der Waals surface area contributed by atoms with Crippen molar-refractivity contribution >= 4 is 29.2 Å². The van der Waals surface area contributed by atoms with Gasteiger partial charge in [0.05, 0.1) is 11.3 Å². The highest BCUT2D eigenvalue weighted by molar-refractivity contribution is 6.31. The number of ether oxygens (including phenoxy) is 1. The fourth-order valence-electron chi connectivity index (χ4n) is 3.84. The molecule has 2 aliphatic heterocycles. The number of rotatable bonds is 5. The van der Waals surface area contributed by atoms with E-state index in [1.165, 1.54) is 0 Å². The first-order valence-electron chi connectivity index (χ1n) is 10.8. The molecule has 170 valence electrons. The smallest absolute Gasteiger partial charge is 0.414 e. The van der Waals surface area contributed by atoms with Crippen molar-refractivity contribution in [1.29, 1.82) is 0 Å². The van der Waals surface area contributed by atoms with E-state index in [1.54, 1.807) is 42.3 Å². The molecule has 0 radical (unpaired) electrons. The molecule has 0 saturated carbocycles. The summed E-state index contributed by atoms with van der Waals surface area (Å²) in [5, 5.41) is 5.52. The topological polar surface area (TPSA) is 91.0 Å². The van der Waals surface area contributed by atoms with E-state index in [4.69, 9.17) is 4.74 Å². The Morgan fingerprint density at radius 1 is 1.03 bits per heavy atom. The maximum atomic E-state index is 12.3. The highest BCUT2D eigenvalue weighted by Gasteiger charge is 2.26. The molecular weight excluding hydrogens is 420 g/mol. The number of hydrogen-bond acceptors (Lipinski definition) is 6. The molecule has 0 spiro atoms. The molecule has 4 rings (SSSR count). The number of carbonyl (C=O) groups excluding carboxylic acids is 3. The normalized spacial score (nSPS) is 17.4. The Morgan fingerprint density at radius 2 is 1.70 bits per heavy atom. The Morgan fingerprint density at radius 3 is 2.36 bits per heavy atom. The van der Waals surface area contributed by atoms with Gasteiger partial charge in [0.25, 0.3) is 11.8 Å². The molecular formula is C25H26N4O4. The third-order valence-electron chi connectivity index (χ3n) is 5.57. The summed E-state index contributed by atoms with van der Waals surface area (Å²) in [5.41, 5.74) is 3.49. The summed E-state index contributed by atoms with van der Waals surface area (Å²) in [6.07, 6.45) is 1.28. The third kappa shape index (κ3) is 5.30. The minimum atomic E-state index is -0.422. The number of carbonyl (C=O) groups is 3. The van der Waals surface area contributed by atoms with Crippen LogP contribution >= 0.6 is 0 Å². The van der Waals surface area contributed by atoms with E-state index in [9.17, 15) is 14.4 Å². The maximum Gasteiger partial charge on any atom is 0.414 e. The number of imide groups is 1. The standard InChI is InChI=1S/C25H26N4O4/c1-17(2)33-25(32)29-13-11-28(12-14-29)16-18-7-9-19(10-8-18)26-15-22-20-5-3-4-6-21(20)23(30)27-24(22)31/h3-10,15,26H,1,11-14,16H2,2H3,(H,27,30,31)/b22-15-. The zero-order valence-corrected chi connectivity index (χ0v) is 18.5. The van der Waals surface area contributed by atoms with Gasteiger partial charge in [0.1, 0.15) is 0 Å². The molecule has 0 atom stereocenters. The zero-order valence-electron chi connectivity index (χ0n) is 18.5. The van der Waals surface area contributed by atoms with Gasteiger partial charge in [-0.1, -0.05) is 36.9 Å². The van der Waals surface area contributed by atoms with Crippen LogP contribution in [0.2, 0.25) is 0 Å². The zero-order chi connectivity index (χ0) is 23.4. The summed E-state index contributed by atoms with van der Waals surface area (Å²) in [6, 6.07) is 15.0. The molecule has 2 N–H and O–H groups in total. The van der Waals surface area contributed by atoms with Gasteiger partial charge in [0.15, 0.2) is 0 Å². The van der Waals surface area contributed by atoms with E-state index in [0.29, 0.717) is 35.5 Å². The van der Waals surface area contributed by atoms with Crippen molar-refractivity contribution < 1.29 is 19.1 Å². The number of amides is 3. The van der Waals surface area contributed by atoms with Crippen LogP contribution < -0.4 is 10.6 Å². The van der Waals surface area contributed by atoms with E-state index >= 15 is 0 Å². The highest BCUT2D eigenvalue weighted by atomic mass is 16.6. The van der Waals surface area contributed by atoms with Crippen molar-refractivity contribution in [2.75, 3.05) is 31.5 Å². The lowest BCUT2D eigenvalue weighted by Gasteiger charge is -2.34. The van der Waals surface area contributed by atoms with Crippen LogP contribution in [0.5, 0.6) is 0 Å². The van der Waals surface area contributed by atoms with Crippen molar-refractivity contribution in [3.63, 3.8) is 0 Å². The minimum Gasteiger partial charge on any atom is -0.416 e. The molecule has 3 amide bonds. The van der Waals surface area contributed by atoms with Gasteiger partial charge in [-0.3, -0.25) is 19.8 Å². The first-order chi connectivity index (χ1) is 15.9. The lowest BCUT2D eigenvalue weighted by molar-refractivity contribution is -0.114. The number of piperazine rings is 1. The molecule has 0 unspecified atom stereocenters. The SMILES string of the molecule is C=C(C)OC(=O)N1CCN(Cc2ccc(N/C=C3\C(=O)NC(=O)c4ccccc43)cc2)CC1. The molecule has 0 aliphatic carbocycles. The second kappa shape index (κ2) is 9.70. The molecule has 2 heterocycles. The van der Waals surface area contributed by atoms with Gasteiger partial charge >= 0.3 is 6.09 Å². The third-order valence-corrected chi connectivity index (χ3v) is 5.57. The van der Waals surface area contributed by atoms with Gasteiger partial charge in [-0.25, -0.2) is 4.79 Å². The second-order valence-corrected chi connectivity index (χ2v) is 8.06. The average Bonchev–Trinajstić information content (AvgIpc) is 2.80. The summed E-state index contributed by atoms with van der Waals surface area (Å²) < 4.78 is 5.08. The summed E-state index contributed by atoms with van der Waals surface area (Å²) in [4.78, 5) is 40.2. The molecule has 2 aromatic carbocycles. The molecule has 1 fully saturated rings. The largest absolute Gasteiger partial charge is 0.416 e. The highest BCUT2D eigenvalue weighted by Crippen LogP contribution is 2.24. The first kappa shape index (κ1) is 22.3. The maximum absolute atomic E-state index is 12.3. The quantitative estimate of drug-likeness (QED) is 0.416. The molecule has 2 aliphatic rings. The molecule has 8 nitrogen and oxygen atoms in total. The summed E-state index contributed by atoms with van der Waals surface area (Å²) in [5.74, 6) is -0.409. The number of allylic oxidation sites excluding steroid dienone is 1. The second-order valence-electron chi connectivity index (χ2n) is 8.06. The number of benzene rings is 2. The molecule has 0 bridgehead atoms. The fraction of sp³-hybridized carbons (Fsp3) is 0.240. The van der Waals surface area contributed by atoms with Crippen LogP contribution in [0.15, 0.2) is 67.1 Å². The Bertz CT molecular complexity index is 1120. The summed E-state index contributed by atoms with van der Waals surface area (Å²) >= 11 is 0. The molecule has 8 heteroatoms. The lowest BCUT2D eigenvalue weighted by atomic mass is 9.96. The minimum absolute atomic E-state index is 0.342. The van der Waals surface area contributed by atoms with Gasteiger partial charge in [0, 0.05) is 55.7 Å². The van der Waals surface area contributed by atoms with Gasteiger partial charge in [-0.05, 0) is 30.7 Å². The van der Waals surface area contributed by atoms with Crippen molar-refractivity contribution in [2.45, 2.75) is 13.5 Å². The molecule has 2 aromatic rings. The van der Waals surface area contributed by atoms with Crippen LogP contribution in [-0.4, -0.2) is 53.9 Å². The number of hydrogen-bond donors (Lipinski definition) is 2. The van der Waals surface area contributed by atoms with Crippen molar-refractivity contribution in [3.05, 3.63) is 83.8 Å². The van der Waals surface area contributed by atoms with Crippen LogP contribution in [0.3, 0.4) is 0 Å². The van der Waals surface area contributed by atoms with E-state index in [-0.39, 0.29) is 12.0 Å². The average molecular weight is 447 g/mol. The Labute approximate surface area is 192 Å². The Kier molecular flexibility index (Phi) is 6.55. The van der Waals surface area contributed by atoms with Crippen LogP contribution in [-0.2, 0) is 16.1 Å². The number of nitrogens with one attached hydrogen (secondary N) is 2. The lowest BCUT2D eigenvalue weighted by Crippen LogP contribution is -2.48. The van der Waals surface area contributed by atoms with Crippen molar-refractivity contribution in [3.8, 4) is 0 Å². The predicted molar refractivity (Wildman–Crippen MR) is 125 cm³/mol. The Balaban J connectivity index is 1.34. The van der Waals surface area contributed by atoms with E-state index in [1.807, 2.05) is 24.3 Å². The van der Waals surface area contributed by atoms with Crippen LogP contribution in [0.4, 0.5) is 10.5 Å². The van der Waals surface area contributed by atoms with Crippen LogP contribution in [0, 0.1) is 0 Å². The number of fused-ring (bicyclic) bond motifs is 1. The van der Waals surface area contributed by atoms with Gasteiger partial charge in [0.2, 0.25) is 0 Å². The monoisotopic (exact) mass is 446 g/mol. The van der Waals surface area contributed by atoms with E-state index < -0.39 is 5.91 Å². The molecule has 1 saturated heterocycles. The number of anilines is 1. The van der Waals surface area contributed by atoms with Gasteiger partial charge < -0.3 is 15.0 Å². The Hall–Kier alpha value is -3.91.